The fraction of sp³-hybridized carbons (Fsp3) is 0.846. The van der Waals surface area contributed by atoms with Crippen molar-refractivity contribution in [3.8, 4) is 0 Å². The minimum Gasteiger partial charge on any atom is -0.387 e. The molecule has 18 heavy (non-hydrogen) atoms. The Morgan fingerprint density at radius 1 is 1.17 bits per heavy atom. The molecule has 0 aromatic heterocycles. The van der Waals surface area contributed by atoms with Gasteiger partial charge in [0.25, 0.3) is 0 Å². The summed E-state index contributed by atoms with van der Waals surface area (Å²) in [6.07, 6.45) is 6.40. The van der Waals surface area contributed by atoms with Crippen LogP contribution in [0.5, 0.6) is 0 Å². The zero-order valence-corrected chi connectivity index (χ0v) is 10.7. The van der Waals surface area contributed by atoms with E-state index in [4.69, 9.17) is 5.11 Å². The molecule has 2 aliphatic rings. The summed E-state index contributed by atoms with van der Waals surface area (Å²) in [4.78, 5) is 25.2. The van der Waals surface area contributed by atoms with Crippen molar-refractivity contribution >= 4 is 11.8 Å². The van der Waals surface area contributed by atoms with Gasteiger partial charge < -0.3 is 15.3 Å². The minimum atomic E-state index is -0.479. The molecule has 0 bridgehead atoms. The molecule has 5 heteroatoms. The van der Waals surface area contributed by atoms with Gasteiger partial charge in [-0.1, -0.05) is 19.3 Å². The molecule has 1 aliphatic carbocycles. The van der Waals surface area contributed by atoms with E-state index >= 15 is 0 Å². The summed E-state index contributed by atoms with van der Waals surface area (Å²) in [6, 6.07) is 0.0113. The summed E-state index contributed by atoms with van der Waals surface area (Å²) in [5.41, 5.74) is 0. The third kappa shape index (κ3) is 3.22. The van der Waals surface area contributed by atoms with Crippen molar-refractivity contribution in [3.63, 3.8) is 0 Å². The Morgan fingerprint density at radius 2 is 1.89 bits per heavy atom. The highest BCUT2D eigenvalue weighted by Crippen LogP contribution is 2.26. The van der Waals surface area contributed by atoms with Gasteiger partial charge >= 0.3 is 0 Å². The van der Waals surface area contributed by atoms with Crippen molar-refractivity contribution in [1.82, 2.24) is 10.2 Å². The maximum Gasteiger partial charge on any atom is 0.245 e. The van der Waals surface area contributed by atoms with Gasteiger partial charge in [-0.05, 0) is 19.3 Å². The third-order valence-corrected chi connectivity index (χ3v) is 3.96. The molecule has 0 aromatic carbocycles. The first-order valence-electron chi connectivity index (χ1n) is 6.89. The van der Waals surface area contributed by atoms with E-state index < -0.39 is 6.61 Å². The Kier molecular flexibility index (Phi) is 4.58. The molecular formula is C13H22N2O3. The highest BCUT2D eigenvalue weighted by Gasteiger charge is 2.31. The first kappa shape index (κ1) is 13.3. The minimum absolute atomic E-state index is 0.0113. The van der Waals surface area contributed by atoms with E-state index in [0.29, 0.717) is 6.54 Å². The number of hydrogen-bond acceptors (Lipinski definition) is 3. The Labute approximate surface area is 108 Å². The Balaban J connectivity index is 1.80. The predicted molar refractivity (Wildman–Crippen MR) is 66.8 cm³/mol. The molecule has 5 nitrogen and oxygen atoms in total. The third-order valence-electron chi connectivity index (χ3n) is 3.96. The molecule has 2 N–H and O–H groups in total. The maximum absolute atomic E-state index is 12.3. The lowest BCUT2D eigenvalue weighted by atomic mass is 9.88. The number of nitrogens with one attached hydrogen (secondary N) is 1. The molecule has 1 saturated heterocycles. The number of aliphatic hydroxyl groups is 1. The normalized spacial score (nSPS) is 25.2. The second kappa shape index (κ2) is 6.18. The summed E-state index contributed by atoms with van der Waals surface area (Å²) in [6.45, 7) is 0.847. The number of nitrogens with zero attached hydrogens (tertiary/aromatic N) is 1. The van der Waals surface area contributed by atoms with Gasteiger partial charge in [0, 0.05) is 25.0 Å². The lowest BCUT2D eigenvalue weighted by Gasteiger charge is -2.26. The Morgan fingerprint density at radius 3 is 2.56 bits per heavy atom. The van der Waals surface area contributed by atoms with Crippen molar-refractivity contribution < 1.29 is 14.7 Å². The van der Waals surface area contributed by atoms with Crippen molar-refractivity contribution in [2.45, 2.75) is 44.6 Å². The molecule has 1 saturated carbocycles. The van der Waals surface area contributed by atoms with Crippen LogP contribution in [0.4, 0.5) is 0 Å². The molecule has 102 valence electrons. The van der Waals surface area contributed by atoms with Crippen molar-refractivity contribution in [1.29, 1.82) is 0 Å². The van der Waals surface area contributed by atoms with Crippen molar-refractivity contribution in [2.75, 3.05) is 19.7 Å². The van der Waals surface area contributed by atoms with Gasteiger partial charge in [-0.15, -0.1) is 0 Å². The largest absolute Gasteiger partial charge is 0.387 e. The molecule has 0 aromatic rings. The molecule has 1 heterocycles. The maximum atomic E-state index is 12.3. The van der Waals surface area contributed by atoms with Gasteiger partial charge in [-0.25, -0.2) is 0 Å². The van der Waals surface area contributed by atoms with Crippen LogP contribution in [0.2, 0.25) is 0 Å². The van der Waals surface area contributed by atoms with Crippen LogP contribution in [0.3, 0.4) is 0 Å². The van der Waals surface area contributed by atoms with Crippen molar-refractivity contribution in [2.24, 2.45) is 5.92 Å². The van der Waals surface area contributed by atoms with E-state index in [9.17, 15) is 9.59 Å². The molecule has 1 aliphatic heterocycles. The number of amides is 2. The fourth-order valence-corrected chi connectivity index (χ4v) is 2.96. The first-order chi connectivity index (χ1) is 8.70. The van der Waals surface area contributed by atoms with Gasteiger partial charge in [-0.3, -0.25) is 9.59 Å². The number of likely N-dealkylation sites (tertiary alicyclic amines) is 1. The molecule has 0 radical (unpaired) electrons. The monoisotopic (exact) mass is 254 g/mol. The standard InChI is InChI=1S/C13H22N2O3/c16-9-12(17)14-11-6-7-15(8-11)13(18)10-4-2-1-3-5-10/h10-11,16H,1-9H2,(H,14,17). The van der Waals surface area contributed by atoms with Crippen LogP contribution in [-0.4, -0.2) is 47.6 Å². The van der Waals surface area contributed by atoms with E-state index in [1.807, 2.05) is 4.90 Å². The van der Waals surface area contributed by atoms with E-state index in [0.717, 1.165) is 38.6 Å². The highest BCUT2D eigenvalue weighted by molar-refractivity contribution is 5.80. The van der Waals surface area contributed by atoms with Crippen LogP contribution in [0.1, 0.15) is 38.5 Å². The molecule has 1 atom stereocenters. The molecule has 2 rings (SSSR count). The average molecular weight is 254 g/mol. The van der Waals surface area contributed by atoms with Gasteiger partial charge in [0.1, 0.15) is 6.61 Å². The van der Waals surface area contributed by atoms with E-state index in [2.05, 4.69) is 5.32 Å². The lowest BCUT2D eigenvalue weighted by molar-refractivity contribution is -0.135. The first-order valence-corrected chi connectivity index (χ1v) is 6.89. The number of hydrogen-bond donors (Lipinski definition) is 2. The zero-order chi connectivity index (χ0) is 13.0. The second-order valence-corrected chi connectivity index (χ2v) is 5.33. The fourth-order valence-electron chi connectivity index (χ4n) is 2.96. The van der Waals surface area contributed by atoms with E-state index in [1.54, 1.807) is 0 Å². The van der Waals surface area contributed by atoms with Gasteiger partial charge in [-0.2, -0.15) is 0 Å². The summed E-state index contributed by atoms with van der Waals surface area (Å²) >= 11 is 0. The van der Waals surface area contributed by atoms with Crippen LogP contribution >= 0.6 is 0 Å². The zero-order valence-electron chi connectivity index (χ0n) is 10.7. The summed E-state index contributed by atoms with van der Waals surface area (Å²) in [7, 11) is 0. The van der Waals surface area contributed by atoms with Crippen molar-refractivity contribution in [3.05, 3.63) is 0 Å². The molecule has 0 spiro atoms. The Bertz CT molecular complexity index is 313. The predicted octanol–water partition coefficient (Wildman–Crippen LogP) is 0.276. The molecular weight excluding hydrogens is 232 g/mol. The number of aliphatic hydroxyl groups excluding tert-OH is 1. The summed E-state index contributed by atoms with van der Waals surface area (Å²) in [5, 5.41) is 11.4. The van der Waals surface area contributed by atoms with Crippen LogP contribution in [0, 0.1) is 5.92 Å². The molecule has 2 amide bonds. The van der Waals surface area contributed by atoms with E-state index in [1.165, 1.54) is 6.42 Å². The summed E-state index contributed by atoms with van der Waals surface area (Å²) < 4.78 is 0. The number of carbonyl (C=O) groups is 2. The van der Waals surface area contributed by atoms with Gasteiger partial charge in [0.05, 0.1) is 0 Å². The summed E-state index contributed by atoms with van der Waals surface area (Å²) in [5.74, 6) is 0.105. The van der Waals surface area contributed by atoms with Gasteiger partial charge in [0.2, 0.25) is 11.8 Å². The van der Waals surface area contributed by atoms with Crippen LogP contribution in [0.25, 0.3) is 0 Å². The lowest BCUT2D eigenvalue weighted by Crippen LogP contribution is -2.41. The van der Waals surface area contributed by atoms with Crippen LogP contribution < -0.4 is 5.32 Å². The quantitative estimate of drug-likeness (QED) is 0.760. The van der Waals surface area contributed by atoms with Crippen LogP contribution in [-0.2, 0) is 9.59 Å². The number of carbonyl (C=O) groups excluding carboxylic acids is 2. The van der Waals surface area contributed by atoms with Gasteiger partial charge in [0.15, 0.2) is 0 Å². The molecule has 1 unspecified atom stereocenters. The number of rotatable bonds is 3. The highest BCUT2D eigenvalue weighted by atomic mass is 16.3. The SMILES string of the molecule is O=C(CO)NC1CCN(C(=O)C2CCCCC2)C1. The smallest absolute Gasteiger partial charge is 0.245 e. The average Bonchev–Trinajstić information content (AvgIpc) is 2.87. The topological polar surface area (TPSA) is 69.6 Å². The Hall–Kier alpha value is -1.10. The molecule has 2 fully saturated rings. The van der Waals surface area contributed by atoms with Crippen LogP contribution in [0.15, 0.2) is 0 Å². The van der Waals surface area contributed by atoms with E-state index in [-0.39, 0.29) is 23.8 Å². The second-order valence-electron chi connectivity index (χ2n) is 5.33.